The standard InChI is InChI=1S/C39H24N2S/c1-2-11-27(12-3-1)41-33-16-7-6-14-29(33)32-24-26(19-21-34(32)41)36-30-20-18-25-10-4-5-13-28(25)37(30)31-15-8-22-40-39(31)38(36)35-17-9-23-42-35/h1-24H. The molecule has 42 heavy (non-hydrogen) atoms. The van der Waals surface area contributed by atoms with E-state index >= 15 is 0 Å². The summed E-state index contributed by atoms with van der Waals surface area (Å²) in [5, 5.41) is 10.9. The van der Waals surface area contributed by atoms with Crippen LogP contribution in [0.2, 0.25) is 0 Å². The second-order valence-electron chi connectivity index (χ2n) is 10.8. The number of hydrogen-bond acceptors (Lipinski definition) is 2. The van der Waals surface area contributed by atoms with E-state index in [1.54, 1.807) is 11.3 Å². The predicted octanol–water partition coefficient (Wildman–Crippen LogP) is 11.0. The first-order chi connectivity index (χ1) is 20.9. The van der Waals surface area contributed by atoms with Crippen molar-refractivity contribution in [3.63, 3.8) is 0 Å². The van der Waals surface area contributed by atoms with E-state index in [1.807, 2.05) is 6.20 Å². The molecule has 196 valence electrons. The maximum Gasteiger partial charge on any atom is 0.0801 e. The van der Waals surface area contributed by atoms with Crippen molar-refractivity contribution in [3.8, 4) is 27.3 Å². The van der Waals surface area contributed by atoms with E-state index in [4.69, 9.17) is 4.98 Å². The minimum Gasteiger partial charge on any atom is -0.309 e. The highest BCUT2D eigenvalue weighted by Crippen LogP contribution is 2.47. The zero-order valence-electron chi connectivity index (χ0n) is 22.7. The Morgan fingerprint density at radius 1 is 0.524 bits per heavy atom. The smallest absolute Gasteiger partial charge is 0.0801 e. The van der Waals surface area contributed by atoms with Crippen LogP contribution < -0.4 is 0 Å². The van der Waals surface area contributed by atoms with Crippen molar-refractivity contribution in [2.45, 2.75) is 0 Å². The van der Waals surface area contributed by atoms with E-state index in [0.29, 0.717) is 0 Å². The molecule has 3 heterocycles. The van der Waals surface area contributed by atoms with Crippen LogP contribution >= 0.6 is 11.3 Å². The monoisotopic (exact) mass is 552 g/mol. The minimum absolute atomic E-state index is 1.05. The van der Waals surface area contributed by atoms with Crippen molar-refractivity contribution >= 4 is 65.6 Å². The van der Waals surface area contributed by atoms with Crippen LogP contribution in [-0.4, -0.2) is 9.55 Å². The summed E-state index contributed by atoms with van der Waals surface area (Å²) >= 11 is 1.78. The number of benzene rings is 6. The number of thiophene rings is 1. The maximum absolute atomic E-state index is 5.04. The molecule has 6 aromatic carbocycles. The number of para-hydroxylation sites is 2. The summed E-state index contributed by atoms with van der Waals surface area (Å²) in [7, 11) is 0. The summed E-state index contributed by atoms with van der Waals surface area (Å²) in [5.41, 5.74) is 8.28. The summed E-state index contributed by atoms with van der Waals surface area (Å²) in [4.78, 5) is 6.27. The molecule has 0 radical (unpaired) electrons. The van der Waals surface area contributed by atoms with Crippen molar-refractivity contribution in [3.05, 3.63) is 145 Å². The maximum atomic E-state index is 5.04. The van der Waals surface area contributed by atoms with Crippen LogP contribution in [0.4, 0.5) is 0 Å². The average molecular weight is 553 g/mol. The molecular weight excluding hydrogens is 529 g/mol. The van der Waals surface area contributed by atoms with Gasteiger partial charge in [-0.25, -0.2) is 0 Å². The lowest BCUT2D eigenvalue weighted by atomic mass is 9.87. The Bertz CT molecular complexity index is 2450. The predicted molar refractivity (Wildman–Crippen MR) is 180 cm³/mol. The molecule has 0 aliphatic heterocycles. The van der Waals surface area contributed by atoms with Crippen LogP contribution in [0.1, 0.15) is 0 Å². The van der Waals surface area contributed by atoms with Crippen LogP contribution in [-0.2, 0) is 0 Å². The van der Waals surface area contributed by atoms with E-state index in [9.17, 15) is 0 Å². The van der Waals surface area contributed by atoms with Crippen LogP contribution in [0.3, 0.4) is 0 Å². The lowest BCUT2D eigenvalue weighted by molar-refractivity contribution is 1.18. The Morgan fingerprint density at radius 3 is 2.19 bits per heavy atom. The van der Waals surface area contributed by atoms with E-state index in [2.05, 4.69) is 143 Å². The van der Waals surface area contributed by atoms with E-state index < -0.39 is 0 Å². The molecule has 0 saturated heterocycles. The third-order valence-electron chi connectivity index (χ3n) is 8.51. The van der Waals surface area contributed by atoms with E-state index in [-0.39, 0.29) is 0 Å². The molecule has 0 spiro atoms. The lowest BCUT2D eigenvalue weighted by Crippen LogP contribution is -1.94. The van der Waals surface area contributed by atoms with Crippen molar-refractivity contribution in [1.82, 2.24) is 9.55 Å². The van der Waals surface area contributed by atoms with Crippen molar-refractivity contribution < 1.29 is 0 Å². The molecule has 0 bridgehead atoms. The molecule has 9 aromatic rings. The lowest BCUT2D eigenvalue weighted by Gasteiger charge is -2.18. The van der Waals surface area contributed by atoms with Gasteiger partial charge in [0.1, 0.15) is 0 Å². The molecule has 0 saturated carbocycles. The Balaban J connectivity index is 1.46. The second-order valence-corrected chi connectivity index (χ2v) is 11.7. The van der Waals surface area contributed by atoms with Crippen molar-refractivity contribution in [2.75, 3.05) is 0 Å². The second kappa shape index (κ2) is 9.13. The third kappa shape index (κ3) is 3.35. The molecule has 9 rings (SSSR count). The molecule has 0 atom stereocenters. The van der Waals surface area contributed by atoms with Gasteiger partial charge in [-0.1, -0.05) is 91.0 Å². The Labute approximate surface area is 246 Å². The van der Waals surface area contributed by atoms with Crippen molar-refractivity contribution in [2.24, 2.45) is 0 Å². The van der Waals surface area contributed by atoms with Gasteiger partial charge in [-0.2, -0.15) is 0 Å². The fourth-order valence-corrected chi connectivity index (χ4v) is 7.55. The largest absolute Gasteiger partial charge is 0.309 e. The van der Waals surface area contributed by atoms with Gasteiger partial charge in [-0.15, -0.1) is 11.3 Å². The summed E-state index contributed by atoms with van der Waals surface area (Å²) in [6.45, 7) is 0. The van der Waals surface area contributed by atoms with Gasteiger partial charge >= 0.3 is 0 Å². The van der Waals surface area contributed by atoms with Gasteiger partial charge < -0.3 is 4.57 Å². The van der Waals surface area contributed by atoms with Gasteiger partial charge in [-0.3, -0.25) is 4.98 Å². The topological polar surface area (TPSA) is 17.8 Å². The van der Waals surface area contributed by atoms with Crippen molar-refractivity contribution in [1.29, 1.82) is 0 Å². The normalized spacial score (nSPS) is 11.8. The molecule has 0 fully saturated rings. The van der Waals surface area contributed by atoms with Gasteiger partial charge in [0, 0.05) is 44.0 Å². The molecule has 0 amide bonds. The van der Waals surface area contributed by atoms with Gasteiger partial charge in [0.25, 0.3) is 0 Å². The van der Waals surface area contributed by atoms with Gasteiger partial charge in [-0.05, 0) is 75.0 Å². The summed E-state index contributed by atoms with van der Waals surface area (Å²) < 4.78 is 2.38. The number of pyridine rings is 1. The number of hydrogen-bond donors (Lipinski definition) is 0. The van der Waals surface area contributed by atoms with Crippen LogP contribution in [0.25, 0.3) is 81.5 Å². The van der Waals surface area contributed by atoms with Crippen LogP contribution in [0.15, 0.2) is 145 Å². The molecular formula is C39H24N2S. The fourth-order valence-electron chi connectivity index (χ4n) is 6.77. The van der Waals surface area contributed by atoms with Gasteiger partial charge in [0.2, 0.25) is 0 Å². The number of nitrogens with zero attached hydrogens (tertiary/aromatic N) is 2. The number of aromatic nitrogens is 2. The Morgan fingerprint density at radius 2 is 1.31 bits per heavy atom. The van der Waals surface area contributed by atoms with Crippen LogP contribution in [0, 0.1) is 0 Å². The van der Waals surface area contributed by atoms with Gasteiger partial charge in [0.05, 0.1) is 16.6 Å². The summed E-state index contributed by atoms with van der Waals surface area (Å²) in [5.74, 6) is 0. The minimum atomic E-state index is 1.05. The highest BCUT2D eigenvalue weighted by atomic mass is 32.1. The molecule has 0 N–H and O–H groups in total. The Hall–Kier alpha value is -5.25. The van der Waals surface area contributed by atoms with Crippen LogP contribution in [0.5, 0.6) is 0 Å². The Kier molecular flexibility index (Phi) is 5.10. The zero-order chi connectivity index (χ0) is 27.6. The van der Waals surface area contributed by atoms with Gasteiger partial charge in [0.15, 0.2) is 0 Å². The molecule has 0 unspecified atom stereocenters. The molecule has 0 aliphatic carbocycles. The van der Waals surface area contributed by atoms with E-state index in [1.165, 1.54) is 76.0 Å². The first-order valence-corrected chi connectivity index (χ1v) is 15.1. The third-order valence-corrected chi connectivity index (χ3v) is 9.39. The SMILES string of the molecule is c1ccc(-n2c3ccccc3c3cc(-c4c(-c5cccs5)c5ncccc5c5c4ccc4ccccc45)ccc32)cc1. The van der Waals surface area contributed by atoms with E-state index in [0.717, 1.165) is 5.52 Å². The summed E-state index contributed by atoms with van der Waals surface area (Å²) in [6.07, 6.45) is 1.93. The first kappa shape index (κ1) is 23.5. The first-order valence-electron chi connectivity index (χ1n) is 14.2. The number of rotatable bonds is 3. The highest BCUT2D eigenvalue weighted by molar-refractivity contribution is 7.13. The average Bonchev–Trinajstić information content (AvgIpc) is 3.71. The molecule has 3 heteroatoms. The number of fused-ring (bicyclic) bond motifs is 8. The fraction of sp³-hybridized carbons (Fsp3) is 0. The molecule has 0 aliphatic rings. The zero-order valence-corrected chi connectivity index (χ0v) is 23.5. The quantitative estimate of drug-likeness (QED) is 0.199. The highest BCUT2D eigenvalue weighted by Gasteiger charge is 2.21. The molecule has 3 aromatic heterocycles. The summed E-state index contributed by atoms with van der Waals surface area (Å²) in [6, 6.07) is 48.3. The molecule has 2 nitrogen and oxygen atoms in total.